The predicted octanol–water partition coefficient (Wildman–Crippen LogP) is 1.44. The number of halogens is 1. The van der Waals surface area contributed by atoms with Crippen LogP contribution in [0.1, 0.15) is 12.5 Å². The minimum Gasteiger partial charge on any atom is -0.497 e. The Balaban J connectivity index is 2.49. The number of methoxy groups -OCH3 is 1. The van der Waals surface area contributed by atoms with Gasteiger partial charge in [-0.1, -0.05) is 17.7 Å². The molecule has 0 aliphatic rings. The minimum absolute atomic E-state index is 0.0425. The molecule has 20 heavy (non-hydrogen) atoms. The van der Waals surface area contributed by atoms with Gasteiger partial charge in [0.1, 0.15) is 5.75 Å². The molecule has 0 atom stereocenters. The van der Waals surface area contributed by atoms with Crippen LogP contribution in [0.5, 0.6) is 5.75 Å². The maximum Gasteiger partial charge on any atom is 0.191 e. The Morgan fingerprint density at radius 2 is 2.20 bits per heavy atom. The third-order valence-corrected chi connectivity index (χ3v) is 3.01. The molecule has 0 heterocycles. The van der Waals surface area contributed by atoms with Crippen LogP contribution >= 0.6 is 11.6 Å². The Morgan fingerprint density at radius 1 is 1.40 bits per heavy atom. The number of hydrogen-bond donors (Lipinski definition) is 3. The second-order valence-electron chi connectivity index (χ2n) is 4.12. The van der Waals surface area contributed by atoms with Gasteiger partial charge in [-0.05, 0) is 31.0 Å². The number of guanidine groups is 1. The Morgan fingerprint density at radius 3 is 2.80 bits per heavy atom. The number of aliphatic hydroxyl groups is 1. The highest BCUT2D eigenvalue weighted by Gasteiger charge is 2.03. The third-order valence-electron chi connectivity index (χ3n) is 2.66. The number of benzene rings is 1. The lowest BCUT2D eigenvalue weighted by molar-refractivity contribution is 0.306. The van der Waals surface area contributed by atoms with Gasteiger partial charge in [-0.3, -0.25) is 4.99 Å². The zero-order chi connectivity index (χ0) is 14.8. The fourth-order valence-corrected chi connectivity index (χ4v) is 1.94. The second kappa shape index (κ2) is 9.44. The second-order valence-corrected chi connectivity index (χ2v) is 4.53. The molecule has 0 unspecified atom stereocenters. The molecule has 0 aliphatic heterocycles. The molecule has 1 aromatic rings. The monoisotopic (exact) mass is 299 g/mol. The Hall–Kier alpha value is -1.46. The maximum atomic E-state index is 8.78. The summed E-state index contributed by atoms with van der Waals surface area (Å²) in [5, 5.41) is 15.8. The highest BCUT2D eigenvalue weighted by molar-refractivity contribution is 6.31. The van der Waals surface area contributed by atoms with Crippen molar-refractivity contribution in [3.05, 3.63) is 28.8 Å². The van der Waals surface area contributed by atoms with Gasteiger partial charge < -0.3 is 20.5 Å². The molecule has 0 saturated heterocycles. The van der Waals surface area contributed by atoms with Gasteiger partial charge in [0.15, 0.2) is 5.96 Å². The van der Waals surface area contributed by atoms with Crippen molar-refractivity contribution in [2.45, 2.75) is 13.3 Å². The van der Waals surface area contributed by atoms with E-state index in [2.05, 4.69) is 15.6 Å². The standard InChI is InChI=1S/C14H22ClN3O2/c1-3-16-14(18-8-9-19)17-7-6-11-4-5-12(20-2)10-13(11)15/h4-5,10,19H,3,6-9H2,1-2H3,(H2,16,17,18). The molecule has 0 fully saturated rings. The number of nitrogens with zero attached hydrogens (tertiary/aromatic N) is 1. The van der Waals surface area contributed by atoms with Crippen LogP contribution in [0.4, 0.5) is 0 Å². The van der Waals surface area contributed by atoms with E-state index in [1.807, 2.05) is 25.1 Å². The maximum absolute atomic E-state index is 8.78. The third kappa shape index (κ3) is 5.67. The first-order valence-corrected chi connectivity index (χ1v) is 7.04. The summed E-state index contributed by atoms with van der Waals surface area (Å²) >= 11 is 6.18. The van der Waals surface area contributed by atoms with Crippen molar-refractivity contribution in [1.82, 2.24) is 10.6 Å². The van der Waals surface area contributed by atoms with Gasteiger partial charge >= 0.3 is 0 Å². The van der Waals surface area contributed by atoms with Crippen LogP contribution in [-0.2, 0) is 6.42 Å². The molecular weight excluding hydrogens is 278 g/mol. The van der Waals surface area contributed by atoms with Crippen LogP contribution in [0.15, 0.2) is 23.2 Å². The molecule has 112 valence electrons. The van der Waals surface area contributed by atoms with Gasteiger partial charge in [0.05, 0.1) is 20.3 Å². The molecule has 3 N–H and O–H groups in total. The van der Waals surface area contributed by atoms with Crippen molar-refractivity contribution in [2.75, 3.05) is 33.4 Å². The summed E-state index contributed by atoms with van der Waals surface area (Å²) in [4.78, 5) is 4.20. The average molecular weight is 300 g/mol. The minimum atomic E-state index is 0.0425. The van der Waals surface area contributed by atoms with Crippen LogP contribution < -0.4 is 15.4 Å². The number of nitrogens with one attached hydrogen (secondary N) is 2. The highest BCUT2D eigenvalue weighted by Crippen LogP contribution is 2.22. The SMILES string of the molecule is CCNC(=NCCO)NCCc1ccc(OC)cc1Cl. The van der Waals surface area contributed by atoms with Crippen molar-refractivity contribution in [2.24, 2.45) is 4.99 Å². The van der Waals surface area contributed by atoms with Gasteiger partial charge in [0, 0.05) is 18.1 Å². The molecule has 5 nitrogen and oxygen atoms in total. The molecule has 0 saturated carbocycles. The van der Waals surface area contributed by atoms with Crippen LogP contribution in [0.2, 0.25) is 5.02 Å². The molecule has 0 radical (unpaired) electrons. The van der Waals surface area contributed by atoms with E-state index in [1.165, 1.54) is 0 Å². The topological polar surface area (TPSA) is 65.9 Å². The molecule has 6 heteroatoms. The summed E-state index contributed by atoms with van der Waals surface area (Å²) in [6.45, 7) is 3.92. The van der Waals surface area contributed by atoms with E-state index in [0.29, 0.717) is 24.1 Å². The van der Waals surface area contributed by atoms with Crippen molar-refractivity contribution in [3.8, 4) is 5.75 Å². The van der Waals surface area contributed by atoms with Gasteiger partial charge in [-0.2, -0.15) is 0 Å². The lowest BCUT2D eigenvalue weighted by Gasteiger charge is -2.12. The van der Waals surface area contributed by atoms with Crippen molar-refractivity contribution in [1.29, 1.82) is 0 Å². The van der Waals surface area contributed by atoms with Gasteiger partial charge in [0.2, 0.25) is 0 Å². The summed E-state index contributed by atoms with van der Waals surface area (Å²) in [6.07, 6.45) is 0.784. The number of ether oxygens (including phenoxy) is 1. The lowest BCUT2D eigenvalue weighted by Crippen LogP contribution is -2.38. The Bertz CT molecular complexity index is 438. The van der Waals surface area contributed by atoms with Gasteiger partial charge in [0.25, 0.3) is 0 Å². The lowest BCUT2D eigenvalue weighted by atomic mass is 10.1. The van der Waals surface area contributed by atoms with E-state index in [9.17, 15) is 0 Å². The van der Waals surface area contributed by atoms with Gasteiger partial charge in [-0.15, -0.1) is 0 Å². The zero-order valence-electron chi connectivity index (χ0n) is 11.9. The first kappa shape index (κ1) is 16.6. The molecule has 0 aromatic heterocycles. The fraction of sp³-hybridized carbons (Fsp3) is 0.500. The Labute approximate surface area is 125 Å². The molecule has 0 aliphatic carbocycles. The quantitative estimate of drug-likeness (QED) is 0.526. The number of hydrogen-bond acceptors (Lipinski definition) is 3. The van der Waals surface area contributed by atoms with E-state index < -0.39 is 0 Å². The molecule has 1 rings (SSSR count). The molecule has 0 spiro atoms. The molecule has 0 amide bonds. The normalized spacial score (nSPS) is 11.3. The molecule has 0 bridgehead atoms. The zero-order valence-corrected chi connectivity index (χ0v) is 12.7. The van der Waals surface area contributed by atoms with Crippen LogP contribution in [0, 0.1) is 0 Å². The Kier molecular flexibility index (Phi) is 7.84. The largest absolute Gasteiger partial charge is 0.497 e. The van der Waals surface area contributed by atoms with Crippen LogP contribution in [0.25, 0.3) is 0 Å². The fourth-order valence-electron chi connectivity index (χ4n) is 1.68. The first-order valence-electron chi connectivity index (χ1n) is 6.66. The summed E-state index contributed by atoms with van der Waals surface area (Å²) in [7, 11) is 1.62. The highest BCUT2D eigenvalue weighted by atomic mass is 35.5. The van der Waals surface area contributed by atoms with Crippen molar-refractivity contribution >= 4 is 17.6 Å². The average Bonchev–Trinajstić information content (AvgIpc) is 2.46. The summed E-state index contributed by atoms with van der Waals surface area (Å²) in [5.74, 6) is 1.45. The van der Waals surface area contributed by atoms with E-state index in [-0.39, 0.29) is 6.61 Å². The summed E-state index contributed by atoms with van der Waals surface area (Å²) < 4.78 is 5.12. The predicted molar refractivity (Wildman–Crippen MR) is 82.8 cm³/mol. The van der Waals surface area contributed by atoms with E-state index in [4.69, 9.17) is 21.4 Å². The van der Waals surface area contributed by atoms with E-state index in [1.54, 1.807) is 7.11 Å². The van der Waals surface area contributed by atoms with Crippen molar-refractivity contribution in [3.63, 3.8) is 0 Å². The van der Waals surface area contributed by atoms with Crippen molar-refractivity contribution < 1.29 is 9.84 Å². The van der Waals surface area contributed by atoms with Crippen LogP contribution in [-0.4, -0.2) is 44.4 Å². The number of aliphatic imine (C=N–C) groups is 1. The summed E-state index contributed by atoms with van der Waals surface area (Å²) in [6, 6.07) is 5.66. The summed E-state index contributed by atoms with van der Waals surface area (Å²) in [5.41, 5.74) is 1.05. The molecular formula is C14H22ClN3O2. The number of rotatable bonds is 7. The molecule has 1 aromatic carbocycles. The number of aliphatic hydroxyl groups excluding tert-OH is 1. The van der Waals surface area contributed by atoms with E-state index >= 15 is 0 Å². The van der Waals surface area contributed by atoms with Crippen LogP contribution in [0.3, 0.4) is 0 Å². The van der Waals surface area contributed by atoms with Gasteiger partial charge in [-0.25, -0.2) is 0 Å². The van der Waals surface area contributed by atoms with E-state index in [0.717, 1.165) is 24.3 Å². The first-order chi connectivity index (χ1) is 9.71. The smallest absolute Gasteiger partial charge is 0.191 e.